The Morgan fingerprint density at radius 2 is 2.21 bits per heavy atom. The van der Waals surface area contributed by atoms with Gasteiger partial charge in [0.05, 0.1) is 0 Å². The summed E-state index contributed by atoms with van der Waals surface area (Å²) in [6.07, 6.45) is 0.873. The summed E-state index contributed by atoms with van der Waals surface area (Å²) in [6, 6.07) is 5.84. The number of aryl methyl sites for hydroxylation is 1. The highest BCUT2D eigenvalue weighted by atomic mass is 35.5. The fraction of sp³-hybridized carbons (Fsp3) is 0.333. The van der Waals surface area contributed by atoms with Gasteiger partial charge in [0.1, 0.15) is 0 Å². The minimum Gasteiger partial charge on any atom is -0.319 e. The van der Waals surface area contributed by atoms with Crippen molar-refractivity contribution in [2.75, 3.05) is 13.6 Å². The molecule has 1 aromatic carbocycles. The molecule has 0 aliphatic rings. The summed E-state index contributed by atoms with van der Waals surface area (Å²) < 4.78 is 0. The first-order chi connectivity index (χ1) is 6.74. The smallest absolute Gasteiger partial charge is 0.0436 e. The lowest BCUT2D eigenvalue weighted by Gasteiger charge is -1.96. The van der Waals surface area contributed by atoms with E-state index in [0.717, 1.165) is 29.1 Å². The minimum absolute atomic E-state index is 0.797. The van der Waals surface area contributed by atoms with E-state index in [4.69, 9.17) is 11.6 Å². The SMILES string of the molecule is CNCCC#Cc1ccc(Cl)c(C)c1. The Kier molecular flexibility index (Phi) is 4.52. The molecule has 0 unspecified atom stereocenters. The Hall–Kier alpha value is -0.970. The normalized spacial score (nSPS) is 9.36. The molecule has 0 aliphatic heterocycles. The summed E-state index contributed by atoms with van der Waals surface area (Å²) in [5.74, 6) is 6.19. The molecule has 14 heavy (non-hydrogen) atoms. The van der Waals surface area contributed by atoms with Crippen LogP contribution < -0.4 is 5.32 Å². The average molecular weight is 208 g/mol. The fourth-order valence-electron chi connectivity index (χ4n) is 1.07. The van der Waals surface area contributed by atoms with Gasteiger partial charge in [0.15, 0.2) is 0 Å². The van der Waals surface area contributed by atoms with E-state index < -0.39 is 0 Å². The molecule has 0 aliphatic carbocycles. The Bertz CT molecular complexity index is 360. The van der Waals surface area contributed by atoms with Gasteiger partial charge in [0, 0.05) is 23.6 Å². The van der Waals surface area contributed by atoms with E-state index in [1.807, 2.05) is 32.2 Å². The molecule has 0 saturated carbocycles. The van der Waals surface area contributed by atoms with Gasteiger partial charge in [0.2, 0.25) is 0 Å². The van der Waals surface area contributed by atoms with Crippen LogP contribution in [-0.2, 0) is 0 Å². The Labute approximate surface area is 90.5 Å². The third-order valence-corrected chi connectivity index (χ3v) is 2.31. The monoisotopic (exact) mass is 207 g/mol. The summed E-state index contributed by atoms with van der Waals surface area (Å²) in [6.45, 7) is 2.92. The van der Waals surface area contributed by atoms with Crippen molar-refractivity contribution in [3.8, 4) is 11.8 Å². The molecule has 0 fully saturated rings. The summed E-state index contributed by atoms with van der Waals surface area (Å²) in [5.41, 5.74) is 2.11. The maximum Gasteiger partial charge on any atom is 0.0436 e. The van der Waals surface area contributed by atoms with E-state index in [9.17, 15) is 0 Å². The predicted molar refractivity (Wildman–Crippen MR) is 61.6 cm³/mol. The van der Waals surface area contributed by atoms with E-state index in [1.54, 1.807) is 0 Å². The van der Waals surface area contributed by atoms with Crippen molar-refractivity contribution in [2.24, 2.45) is 0 Å². The van der Waals surface area contributed by atoms with Gasteiger partial charge in [-0.25, -0.2) is 0 Å². The van der Waals surface area contributed by atoms with Crippen molar-refractivity contribution in [3.05, 3.63) is 34.3 Å². The van der Waals surface area contributed by atoms with Crippen LogP contribution in [0.5, 0.6) is 0 Å². The Morgan fingerprint density at radius 1 is 1.43 bits per heavy atom. The number of rotatable bonds is 2. The molecule has 1 rings (SSSR count). The van der Waals surface area contributed by atoms with E-state index in [-0.39, 0.29) is 0 Å². The highest BCUT2D eigenvalue weighted by Crippen LogP contribution is 2.15. The number of hydrogen-bond acceptors (Lipinski definition) is 1. The molecule has 0 radical (unpaired) electrons. The minimum atomic E-state index is 0.797. The molecular weight excluding hydrogens is 194 g/mol. The number of hydrogen-bond donors (Lipinski definition) is 1. The first-order valence-corrected chi connectivity index (χ1v) is 5.01. The first-order valence-electron chi connectivity index (χ1n) is 4.63. The van der Waals surface area contributed by atoms with Crippen LogP contribution in [0.2, 0.25) is 5.02 Å². The molecule has 0 heterocycles. The summed E-state index contributed by atoms with van der Waals surface area (Å²) in [7, 11) is 1.92. The highest BCUT2D eigenvalue weighted by molar-refractivity contribution is 6.31. The van der Waals surface area contributed by atoms with Crippen LogP contribution >= 0.6 is 11.6 Å². The molecule has 0 spiro atoms. The fourth-order valence-corrected chi connectivity index (χ4v) is 1.19. The van der Waals surface area contributed by atoms with Crippen molar-refractivity contribution in [2.45, 2.75) is 13.3 Å². The zero-order valence-electron chi connectivity index (χ0n) is 8.52. The number of halogens is 1. The van der Waals surface area contributed by atoms with Gasteiger partial charge in [0.25, 0.3) is 0 Å². The average Bonchev–Trinajstić information content (AvgIpc) is 2.18. The number of nitrogens with one attached hydrogen (secondary N) is 1. The topological polar surface area (TPSA) is 12.0 Å². The van der Waals surface area contributed by atoms with Gasteiger partial charge >= 0.3 is 0 Å². The van der Waals surface area contributed by atoms with Crippen LogP contribution in [0, 0.1) is 18.8 Å². The van der Waals surface area contributed by atoms with E-state index in [1.165, 1.54) is 0 Å². The quantitative estimate of drug-likeness (QED) is 0.581. The third-order valence-electron chi connectivity index (χ3n) is 1.89. The molecule has 0 bridgehead atoms. The van der Waals surface area contributed by atoms with Crippen molar-refractivity contribution in [1.29, 1.82) is 0 Å². The molecule has 0 amide bonds. The van der Waals surface area contributed by atoms with Crippen molar-refractivity contribution in [3.63, 3.8) is 0 Å². The first kappa shape index (κ1) is 11.1. The molecule has 1 nitrogen and oxygen atoms in total. The van der Waals surface area contributed by atoms with Gasteiger partial charge < -0.3 is 5.32 Å². The largest absolute Gasteiger partial charge is 0.319 e. The molecule has 0 atom stereocenters. The molecule has 2 heteroatoms. The predicted octanol–water partition coefficient (Wildman–Crippen LogP) is 2.61. The molecule has 74 valence electrons. The lowest BCUT2D eigenvalue weighted by atomic mass is 10.1. The van der Waals surface area contributed by atoms with Crippen molar-refractivity contribution < 1.29 is 0 Å². The molecule has 1 N–H and O–H groups in total. The zero-order valence-corrected chi connectivity index (χ0v) is 9.28. The van der Waals surface area contributed by atoms with Crippen molar-refractivity contribution in [1.82, 2.24) is 5.32 Å². The highest BCUT2D eigenvalue weighted by Gasteiger charge is 1.93. The lowest BCUT2D eigenvalue weighted by Crippen LogP contribution is -2.05. The van der Waals surface area contributed by atoms with Gasteiger partial charge in [-0.3, -0.25) is 0 Å². The summed E-state index contributed by atoms with van der Waals surface area (Å²) >= 11 is 5.91. The third kappa shape index (κ3) is 3.41. The Morgan fingerprint density at radius 3 is 2.86 bits per heavy atom. The molecule has 0 saturated heterocycles. The van der Waals surface area contributed by atoms with E-state index >= 15 is 0 Å². The lowest BCUT2D eigenvalue weighted by molar-refractivity contribution is 0.818. The molecule has 0 aromatic heterocycles. The summed E-state index contributed by atoms with van der Waals surface area (Å²) in [5, 5.41) is 3.85. The van der Waals surface area contributed by atoms with Crippen molar-refractivity contribution >= 4 is 11.6 Å². The number of benzene rings is 1. The second kappa shape index (κ2) is 5.70. The molecular formula is C12H14ClN. The van der Waals surface area contributed by atoms with Crippen LogP contribution in [0.4, 0.5) is 0 Å². The Balaban J connectivity index is 2.66. The summed E-state index contributed by atoms with van der Waals surface area (Å²) in [4.78, 5) is 0. The maximum absolute atomic E-state index is 5.91. The van der Waals surface area contributed by atoms with Crippen LogP contribution in [0.25, 0.3) is 0 Å². The maximum atomic E-state index is 5.91. The second-order valence-corrected chi connectivity index (χ2v) is 3.53. The van der Waals surface area contributed by atoms with E-state index in [2.05, 4.69) is 17.2 Å². The standard InChI is InChI=1S/C12H14ClN/c1-10-9-11(6-7-12(10)13)5-3-4-8-14-2/h6-7,9,14H,4,8H2,1-2H3. The zero-order chi connectivity index (χ0) is 10.4. The van der Waals surface area contributed by atoms with Crippen LogP contribution in [0.15, 0.2) is 18.2 Å². The van der Waals surface area contributed by atoms with Gasteiger partial charge in [-0.05, 0) is 37.7 Å². The van der Waals surface area contributed by atoms with Crippen LogP contribution in [-0.4, -0.2) is 13.6 Å². The van der Waals surface area contributed by atoms with Crippen LogP contribution in [0.3, 0.4) is 0 Å². The van der Waals surface area contributed by atoms with E-state index in [0.29, 0.717) is 0 Å². The molecule has 1 aromatic rings. The van der Waals surface area contributed by atoms with Gasteiger partial charge in [-0.1, -0.05) is 23.4 Å². The van der Waals surface area contributed by atoms with Crippen LogP contribution in [0.1, 0.15) is 17.5 Å². The van der Waals surface area contributed by atoms with Gasteiger partial charge in [-0.15, -0.1) is 0 Å². The second-order valence-electron chi connectivity index (χ2n) is 3.12. The van der Waals surface area contributed by atoms with Gasteiger partial charge in [-0.2, -0.15) is 0 Å².